The van der Waals surface area contributed by atoms with Crippen molar-refractivity contribution in [2.24, 2.45) is 0 Å². The van der Waals surface area contributed by atoms with Gasteiger partial charge in [0.05, 0.1) is 24.2 Å². The fourth-order valence-electron chi connectivity index (χ4n) is 2.66. The van der Waals surface area contributed by atoms with E-state index in [1.54, 1.807) is 25.1 Å². The van der Waals surface area contributed by atoms with Crippen LogP contribution in [0.1, 0.15) is 23.7 Å². The third-order valence-electron chi connectivity index (χ3n) is 3.91. The van der Waals surface area contributed by atoms with Gasteiger partial charge in [-0.3, -0.25) is 4.79 Å². The van der Waals surface area contributed by atoms with Crippen molar-refractivity contribution in [1.29, 1.82) is 0 Å². The van der Waals surface area contributed by atoms with Crippen LogP contribution in [0.3, 0.4) is 0 Å². The van der Waals surface area contributed by atoms with E-state index in [9.17, 15) is 18.0 Å². The van der Waals surface area contributed by atoms with Gasteiger partial charge in [-0.2, -0.15) is 0 Å². The highest BCUT2D eigenvalue weighted by Crippen LogP contribution is 2.26. The van der Waals surface area contributed by atoms with Crippen molar-refractivity contribution < 1.29 is 27.5 Å². The van der Waals surface area contributed by atoms with Gasteiger partial charge in [-0.1, -0.05) is 0 Å². The molecule has 9 heteroatoms. The van der Waals surface area contributed by atoms with E-state index in [1.807, 2.05) is 6.26 Å². The molecule has 1 N–H and O–H groups in total. The van der Waals surface area contributed by atoms with Crippen LogP contribution in [0.2, 0.25) is 0 Å². The van der Waals surface area contributed by atoms with Gasteiger partial charge in [0.15, 0.2) is 16.4 Å². The van der Waals surface area contributed by atoms with Crippen molar-refractivity contribution in [1.82, 2.24) is 5.32 Å². The average molecular weight is 387 g/mol. The molecule has 1 heterocycles. The lowest BCUT2D eigenvalue weighted by molar-refractivity contribution is -0.125. The summed E-state index contributed by atoms with van der Waals surface area (Å²) >= 11 is 1.51. The number of ether oxygens (including phenoxy) is 2. The predicted molar refractivity (Wildman–Crippen MR) is 94.9 cm³/mol. The molecule has 1 atom stereocenters. The maximum absolute atomic E-state index is 12.2. The highest BCUT2D eigenvalue weighted by atomic mass is 32.2. The van der Waals surface area contributed by atoms with Gasteiger partial charge >= 0.3 is 5.97 Å². The van der Waals surface area contributed by atoms with Gasteiger partial charge in [-0.15, -0.1) is 11.8 Å². The monoisotopic (exact) mass is 387 g/mol. The molecule has 0 spiro atoms. The normalized spacial score (nSPS) is 21.6. The zero-order valence-electron chi connectivity index (χ0n) is 14.3. The number of rotatable bonds is 6. The molecule has 0 aliphatic carbocycles. The van der Waals surface area contributed by atoms with Gasteiger partial charge in [0.1, 0.15) is 11.3 Å². The van der Waals surface area contributed by atoms with E-state index < -0.39 is 33.9 Å². The molecular weight excluding hydrogens is 366 g/mol. The van der Waals surface area contributed by atoms with Crippen LogP contribution in [0.4, 0.5) is 0 Å². The van der Waals surface area contributed by atoms with Crippen LogP contribution in [-0.2, 0) is 19.4 Å². The summed E-state index contributed by atoms with van der Waals surface area (Å²) in [5, 5.41) is 2.63. The summed E-state index contributed by atoms with van der Waals surface area (Å²) in [6, 6.07) is 5.05. The Morgan fingerprint density at radius 3 is 2.64 bits per heavy atom. The molecule has 1 aliphatic heterocycles. The number of carbonyl (C=O) groups excluding carboxylic acids is 2. The van der Waals surface area contributed by atoms with E-state index in [4.69, 9.17) is 9.47 Å². The second kappa shape index (κ2) is 7.65. The van der Waals surface area contributed by atoms with Gasteiger partial charge in [-0.25, -0.2) is 13.2 Å². The van der Waals surface area contributed by atoms with E-state index in [2.05, 4.69) is 5.32 Å². The first kappa shape index (κ1) is 19.6. The smallest absolute Gasteiger partial charge is 0.342 e. The molecule has 7 nitrogen and oxygen atoms in total. The van der Waals surface area contributed by atoms with Gasteiger partial charge in [0.2, 0.25) is 0 Å². The van der Waals surface area contributed by atoms with Crippen LogP contribution < -0.4 is 10.1 Å². The Labute approximate surface area is 151 Å². The number of hydrogen-bond donors (Lipinski definition) is 1. The highest BCUT2D eigenvalue weighted by molar-refractivity contribution is 7.98. The van der Waals surface area contributed by atoms with Gasteiger partial charge < -0.3 is 14.8 Å². The van der Waals surface area contributed by atoms with E-state index in [1.165, 1.54) is 18.9 Å². The SMILES string of the molecule is COc1cc(SC)ccc1C(=O)OCC(=O)N[C@]1(C)CCS(=O)(=O)C1. The second-order valence-corrected chi connectivity index (χ2v) is 9.16. The predicted octanol–water partition coefficient (Wildman–Crippen LogP) is 1.27. The average Bonchev–Trinajstić information content (AvgIpc) is 2.84. The molecule has 1 fully saturated rings. The van der Waals surface area contributed by atoms with Crippen LogP contribution in [0.5, 0.6) is 5.75 Å². The number of thioether (sulfide) groups is 1. The summed E-state index contributed by atoms with van der Waals surface area (Å²) in [7, 11) is -1.68. The molecule has 1 saturated heterocycles. The molecule has 138 valence electrons. The number of amides is 1. The molecule has 0 aromatic heterocycles. The molecule has 1 aliphatic rings. The summed E-state index contributed by atoms with van der Waals surface area (Å²) < 4.78 is 33.3. The van der Waals surface area contributed by atoms with Crippen molar-refractivity contribution in [2.75, 3.05) is 31.5 Å². The third kappa shape index (κ3) is 5.12. The van der Waals surface area contributed by atoms with Gasteiger partial charge in [0, 0.05) is 4.90 Å². The standard InChI is InChI=1S/C16H21NO6S2/c1-16(6-7-25(20,21)10-16)17-14(18)9-23-15(19)12-5-4-11(24-3)8-13(12)22-2/h4-5,8H,6-7,9-10H2,1-3H3,(H,17,18)/t16-/m1/s1. The maximum atomic E-state index is 12.2. The Kier molecular flexibility index (Phi) is 5.99. The van der Waals surface area contributed by atoms with Crippen molar-refractivity contribution in [2.45, 2.75) is 23.8 Å². The van der Waals surface area contributed by atoms with E-state index in [-0.39, 0.29) is 17.1 Å². The molecule has 2 rings (SSSR count). The van der Waals surface area contributed by atoms with Crippen molar-refractivity contribution in [3.05, 3.63) is 23.8 Å². The van der Waals surface area contributed by atoms with E-state index in [0.29, 0.717) is 12.2 Å². The topological polar surface area (TPSA) is 98.8 Å². The Morgan fingerprint density at radius 2 is 2.08 bits per heavy atom. The van der Waals surface area contributed by atoms with Crippen LogP contribution in [0.15, 0.2) is 23.1 Å². The molecule has 0 bridgehead atoms. The largest absolute Gasteiger partial charge is 0.496 e. The lowest BCUT2D eigenvalue weighted by atomic mass is 10.0. The quantitative estimate of drug-likeness (QED) is 0.580. The second-order valence-electron chi connectivity index (χ2n) is 6.09. The fourth-order valence-corrected chi connectivity index (χ4v) is 5.18. The summed E-state index contributed by atoms with van der Waals surface area (Å²) in [5.41, 5.74) is -0.595. The van der Waals surface area contributed by atoms with Crippen LogP contribution >= 0.6 is 11.8 Å². The lowest BCUT2D eigenvalue weighted by Crippen LogP contribution is -2.48. The molecule has 1 amide bonds. The number of esters is 1. The number of benzene rings is 1. The summed E-state index contributed by atoms with van der Waals surface area (Å²) in [4.78, 5) is 25.1. The third-order valence-corrected chi connectivity index (χ3v) is 6.54. The van der Waals surface area contributed by atoms with Crippen molar-refractivity contribution in [3.63, 3.8) is 0 Å². The van der Waals surface area contributed by atoms with Crippen LogP contribution in [0.25, 0.3) is 0 Å². The summed E-state index contributed by atoms with van der Waals surface area (Å²) in [6.45, 7) is 1.18. The first-order chi connectivity index (χ1) is 11.7. The first-order valence-electron chi connectivity index (χ1n) is 7.59. The van der Waals surface area contributed by atoms with Gasteiger partial charge in [-0.05, 0) is 37.8 Å². The Hall–Kier alpha value is -1.74. The number of hydrogen-bond acceptors (Lipinski definition) is 7. The van der Waals surface area contributed by atoms with Gasteiger partial charge in [0.25, 0.3) is 5.91 Å². The van der Waals surface area contributed by atoms with E-state index >= 15 is 0 Å². The van der Waals surface area contributed by atoms with E-state index in [0.717, 1.165) is 4.90 Å². The Balaban J connectivity index is 1.95. The lowest BCUT2D eigenvalue weighted by Gasteiger charge is -2.23. The number of methoxy groups -OCH3 is 1. The molecule has 25 heavy (non-hydrogen) atoms. The minimum absolute atomic E-state index is 0.0442. The fraction of sp³-hybridized carbons (Fsp3) is 0.500. The summed E-state index contributed by atoms with van der Waals surface area (Å²) in [5.74, 6) is -0.908. The first-order valence-corrected chi connectivity index (χ1v) is 10.6. The van der Waals surface area contributed by atoms with Crippen molar-refractivity contribution in [3.8, 4) is 5.75 Å². The minimum atomic E-state index is -3.13. The maximum Gasteiger partial charge on any atom is 0.342 e. The zero-order valence-corrected chi connectivity index (χ0v) is 16.0. The summed E-state index contributed by atoms with van der Waals surface area (Å²) in [6.07, 6.45) is 2.25. The molecule has 0 radical (unpaired) electrons. The Bertz CT molecular complexity index is 777. The molecule has 0 unspecified atom stereocenters. The number of carbonyl (C=O) groups is 2. The molecular formula is C16H21NO6S2. The molecule has 1 aromatic carbocycles. The van der Waals surface area contributed by atoms with Crippen LogP contribution in [0, 0.1) is 0 Å². The van der Waals surface area contributed by atoms with Crippen LogP contribution in [-0.4, -0.2) is 57.3 Å². The number of sulfone groups is 1. The highest BCUT2D eigenvalue weighted by Gasteiger charge is 2.39. The molecule has 1 aromatic rings. The van der Waals surface area contributed by atoms with Crippen molar-refractivity contribution >= 4 is 33.5 Å². The zero-order chi connectivity index (χ0) is 18.7. The Morgan fingerprint density at radius 1 is 1.36 bits per heavy atom. The number of nitrogens with one attached hydrogen (secondary N) is 1. The molecule has 0 saturated carbocycles. The minimum Gasteiger partial charge on any atom is -0.496 e.